The molecule has 6 nitrogen and oxygen atoms in total. The van der Waals surface area contributed by atoms with Crippen LogP contribution in [0.4, 0.5) is 5.95 Å². The molecular weight excluding hydrogens is 232 g/mol. The SMILES string of the molecule is C[C@H](O)CNCc1cnc(N2CCOCC2)nc1. The molecule has 1 saturated heterocycles. The number of morpholine rings is 1. The van der Waals surface area contributed by atoms with E-state index in [-0.39, 0.29) is 6.10 Å². The number of hydrogen-bond acceptors (Lipinski definition) is 6. The Hall–Kier alpha value is -1.24. The molecule has 1 aromatic rings. The van der Waals surface area contributed by atoms with Crippen LogP contribution >= 0.6 is 0 Å². The highest BCUT2D eigenvalue weighted by molar-refractivity contribution is 5.30. The van der Waals surface area contributed by atoms with Crippen LogP contribution in [0.2, 0.25) is 0 Å². The largest absolute Gasteiger partial charge is 0.392 e. The van der Waals surface area contributed by atoms with Crippen LogP contribution in [0.25, 0.3) is 0 Å². The van der Waals surface area contributed by atoms with Crippen molar-refractivity contribution in [1.82, 2.24) is 15.3 Å². The lowest BCUT2D eigenvalue weighted by Crippen LogP contribution is -2.37. The van der Waals surface area contributed by atoms with E-state index in [1.54, 1.807) is 6.92 Å². The Morgan fingerprint density at radius 3 is 2.67 bits per heavy atom. The normalized spacial score (nSPS) is 17.8. The summed E-state index contributed by atoms with van der Waals surface area (Å²) in [5.41, 5.74) is 1.02. The van der Waals surface area contributed by atoms with Gasteiger partial charge in [-0.05, 0) is 6.92 Å². The number of anilines is 1. The van der Waals surface area contributed by atoms with Gasteiger partial charge in [-0.3, -0.25) is 0 Å². The van der Waals surface area contributed by atoms with Crippen LogP contribution < -0.4 is 10.2 Å². The molecule has 0 aromatic carbocycles. The van der Waals surface area contributed by atoms with Gasteiger partial charge in [0.05, 0.1) is 19.3 Å². The third-order valence-corrected chi connectivity index (χ3v) is 2.75. The van der Waals surface area contributed by atoms with Crippen LogP contribution in [0.5, 0.6) is 0 Å². The molecule has 1 aliphatic rings. The lowest BCUT2D eigenvalue weighted by molar-refractivity contribution is 0.122. The van der Waals surface area contributed by atoms with Gasteiger partial charge in [-0.25, -0.2) is 9.97 Å². The molecule has 0 aliphatic carbocycles. The highest BCUT2D eigenvalue weighted by Crippen LogP contribution is 2.09. The molecule has 18 heavy (non-hydrogen) atoms. The van der Waals surface area contributed by atoms with Crippen LogP contribution in [0.3, 0.4) is 0 Å². The van der Waals surface area contributed by atoms with Crippen LogP contribution in [-0.4, -0.2) is 54.0 Å². The zero-order chi connectivity index (χ0) is 12.8. The summed E-state index contributed by atoms with van der Waals surface area (Å²) in [6.45, 7) is 6.17. The molecule has 1 aromatic heterocycles. The van der Waals surface area contributed by atoms with Gasteiger partial charge in [0.25, 0.3) is 0 Å². The maximum atomic E-state index is 9.13. The van der Waals surface area contributed by atoms with Crippen molar-refractivity contribution in [3.05, 3.63) is 18.0 Å². The van der Waals surface area contributed by atoms with Crippen molar-refractivity contribution < 1.29 is 9.84 Å². The number of nitrogens with one attached hydrogen (secondary N) is 1. The van der Waals surface area contributed by atoms with E-state index in [4.69, 9.17) is 9.84 Å². The first-order chi connectivity index (χ1) is 8.75. The Morgan fingerprint density at radius 2 is 2.06 bits per heavy atom. The number of nitrogens with zero attached hydrogens (tertiary/aromatic N) is 3. The standard InChI is InChI=1S/C12H20N4O2/c1-10(17)6-13-7-11-8-14-12(15-9-11)16-2-4-18-5-3-16/h8-10,13,17H,2-7H2,1H3/t10-/m0/s1. The first kappa shape index (κ1) is 13.2. The monoisotopic (exact) mass is 252 g/mol. The summed E-state index contributed by atoms with van der Waals surface area (Å²) in [6, 6.07) is 0. The van der Waals surface area contributed by atoms with E-state index in [2.05, 4.69) is 20.2 Å². The summed E-state index contributed by atoms with van der Waals surface area (Å²) in [5, 5.41) is 12.3. The van der Waals surface area contributed by atoms with Crippen LogP contribution in [0.1, 0.15) is 12.5 Å². The van der Waals surface area contributed by atoms with Gasteiger partial charge in [-0.1, -0.05) is 0 Å². The fraction of sp³-hybridized carbons (Fsp3) is 0.667. The zero-order valence-corrected chi connectivity index (χ0v) is 10.7. The Morgan fingerprint density at radius 1 is 1.39 bits per heavy atom. The summed E-state index contributed by atoms with van der Waals surface area (Å²) in [5.74, 6) is 0.762. The van der Waals surface area contributed by atoms with E-state index in [1.807, 2.05) is 12.4 Å². The second kappa shape index (κ2) is 6.63. The molecule has 0 spiro atoms. The summed E-state index contributed by atoms with van der Waals surface area (Å²) < 4.78 is 5.29. The average molecular weight is 252 g/mol. The minimum atomic E-state index is -0.335. The van der Waals surface area contributed by atoms with E-state index in [9.17, 15) is 0 Å². The number of rotatable bonds is 5. The maximum Gasteiger partial charge on any atom is 0.225 e. The van der Waals surface area contributed by atoms with E-state index in [0.717, 1.165) is 37.8 Å². The Balaban J connectivity index is 1.84. The topological polar surface area (TPSA) is 70.5 Å². The summed E-state index contributed by atoms with van der Waals surface area (Å²) in [7, 11) is 0. The van der Waals surface area contributed by atoms with Gasteiger partial charge in [0, 0.05) is 44.1 Å². The molecule has 0 bridgehead atoms. The van der Waals surface area contributed by atoms with Crippen molar-refractivity contribution in [2.24, 2.45) is 0 Å². The van der Waals surface area contributed by atoms with Crippen LogP contribution in [0, 0.1) is 0 Å². The van der Waals surface area contributed by atoms with Crippen molar-refractivity contribution in [3.63, 3.8) is 0 Å². The van der Waals surface area contributed by atoms with Crippen LogP contribution in [0.15, 0.2) is 12.4 Å². The minimum Gasteiger partial charge on any atom is -0.392 e. The van der Waals surface area contributed by atoms with E-state index < -0.39 is 0 Å². The van der Waals surface area contributed by atoms with Crippen molar-refractivity contribution in [1.29, 1.82) is 0 Å². The van der Waals surface area contributed by atoms with Gasteiger partial charge < -0.3 is 20.1 Å². The lowest BCUT2D eigenvalue weighted by atomic mass is 10.3. The van der Waals surface area contributed by atoms with Gasteiger partial charge in [0.2, 0.25) is 5.95 Å². The number of aromatic nitrogens is 2. The first-order valence-corrected chi connectivity index (χ1v) is 6.28. The highest BCUT2D eigenvalue weighted by atomic mass is 16.5. The third kappa shape index (κ3) is 3.90. The van der Waals surface area contributed by atoms with E-state index in [0.29, 0.717) is 13.1 Å². The molecule has 0 amide bonds. The van der Waals surface area contributed by atoms with E-state index in [1.165, 1.54) is 0 Å². The molecule has 2 N–H and O–H groups in total. The second-order valence-electron chi connectivity index (χ2n) is 4.47. The number of hydrogen-bond donors (Lipinski definition) is 2. The molecule has 1 aliphatic heterocycles. The average Bonchev–Trinajstić information content (AvgIpc) is 2.40. The molecule has 1 atom stereocenters. The third-order valence-electron chi connectivity index (χ3n) is 2.75. The molecule has 1 fully saturated rings. The first-order valence-electron chi connectivity index (χ1n) is 6.28. The van der Waals surface area contributed by atoms with Gasteiger partial charge in [-0.15, -0.1) is 0 Å². The fourth-order valence-corrected chi connectivity index (χ4v) is 1.79. The van der Waals surface area contributed by atoms with Crippen molar-refractivity contribution in [2.45, 2.75) is 19.6 Å². The molecule has 2 rings (SSSR count). The van der Waals surface area contributed by atoms with Crippen molar-refractivity contribution >= 4 is 5.95 Å². The number of aliphatic hydroxyl groups is 1. The summed E-state index contributed by atoms with van der Waals surface area (Å²) in [4.78, 5) is 10.8. The molecule has 0 saturated carbocycles. The van der Waals surface area contributed by atoms with Crippen molar-refractivity contribution in [3.8, 4) is 0 Å². The molecule has 6 heteroatoms. The molecule has 0 unspecified atom stereocenters. The maximum absolute atomic E-state index is 9.13. The predicted octanol–water partition coefficient (Wildman–Crippen LogP) is -0.216. The Labute approximate surface area is 107 Å². The zero-order valence-electron chi connectivity index (χ0n) is 10.7. The summed E-state index contributed by atoms with van der Waals surface area (Å²) >= 11 is 0. The Bertz CT molecular complexity index is 350. The lowest BCUT2D eigenvalue weighted by Gasteiger charge is -2.26. The fourth-order valence-electron chi connectivity index (χ4n) is 1.79. The number of aliphatic hydroxyl groups excluding tert-OH is 1. The summed E-state index contributed by atoms with van der Waals surface area (Å²) in [6.07, 6.45) is 3.32. The molecular formula is C12H20N4O2. The van der Waals surface area contributed by atoms with E-state index >= 15 is 0 Å². The smallest absolute Gasteiger partial charge is 0.225 e. The van der Waals surface area contributed by atoms with Gasteiger partial charge in [0.1, 0.15) is 0 Å². The minimum absolute atomic E-state index is 0.335. The number of ether oxygens (including phenoxy) is 1. The quantitative estimate of drug-likeness (QED) is 0.755. The molecule has 2 heterocycles. The van der Waals surface area contributed by atoms with Crippen molar-refractivity contribution in [2.75, 3.05) is 37.7 Å². The van der Waals surface area contributed by atoms with Crippen LogP contribution in [-0.2, 0) is 11.3 Å². The van der Waals surface area contributed by atoms with Gasteiger partial charge in [0.15, 0.2) is 0 Å². The van der Waals surface area contributed by atoms with Gasteiger partial charge >= 0.3 is 0 Å². The highest BCUT2D eigenvalue weighted by Gasteiger charge is 2.13. The van der Waals surface area contributed by atoms with Gasteiger partial charge in [-0.2, -0.15) is 0 Å². The predicted molar refractivity (Wildman–Crippen MR) is 68.5 cm³/mol. The molecule has 0 radical (unpaired) electrons. The second-order valence-corrected chi connectivity index (χ2v) is 4.47. The molecule has 100 valence electrons. The Kier molecular flexibility index (Phi) is 4.86.